The van der Waals surface area contributed by atoms with Crippen LogP contribution in [0.2, 0.25) is 5.02 Å². The Hall–Kier alpha value is -2.58. The van der Waals surface area contributed by atoms with Crippen LogP contribution < -0.4 is 4.74 Å². The third-order valence-electron chi connectivity index (χ3n) is 4.77. The van der Waals surface area contributed by atoms with E-state index < -0.39 is 0 Å². The van der Waals surface area contributed by atoms with Gasteiger partial charge < -0.3 is 14.2 Å². The van der Waals surface area contributed by atoms with E-state index in [9.17, 15) is 9.18 Å². The topological polar surface area (TPSA) is 60.3 Å². The number of carbonyl (C=O) groups is 1. The fraction of sp³-hybridized carbons (Fsp3) is 0.286. The number of hydrogen-bond donors (Lipinski definition) is 0. The minimum atomic E-state index is -0.299. The lowest BCUT2D eigenvalue weighted by atomic mass is 10.1. The van der Waals surface area contributed by atoms with Crippen molar-refractivity contribution >= 4 is 29.3 Å². The molecule has 3 aromatic rings. The van der Waals surface area contributed by atoms with Crippen LogP contribution in [-0.4, -0.2) is 38.4 Å². The summed E-state index contributed by atoms with van der Waals surface area (Å²) < 4.78 is 20.6. The van der Waals surface area contributed by atoms with Crippen LogP contribution in [0.25, 0.3) is 0 Å². The van der Waals surface area contributed by atoms with Gasteiger partial charge in [0.1, 0.15) is 18.2 Å². The quantitative estimate of drug-likeness (QED) is 0.475. The van der Waals surface area contributed by atoms with E-state index in [0.29, 0.717) is 21.8 Å². The Morgan fingerprint density at radius 1 is 1.23 bits per heavy atom. The van der Waals surface area contributed by atoms with Crippen molar-refractivity contribution in [3.63, 3.8) is 0 Å². The number of hydrogen-bond acceptors (Lipinski definition) is 5. The van der Waals surface area contributed by atoms with Crippen molar-refractivity contribution in [3.8, 4) is 5.75 Å². The molecule has 0 fully saturated rings. The predicted octanol–water partition coefficient (Wildman–Crippen LogP) is 4.50. The minimum Gasteiger partial charge on any atom is -0.484 e. The van der Waals surface area contributed by atoms with Crippen LogP contribution in [0.4, 0.5) is 4.39 Å². The van der Waals surface area contributed by atoms with E-state index in [0.717, 1.165) is 5.56 Å². The van der Waals surface area contributed by atoms with Crippen molar-refractivity contribution in [3.05, 3.63) is 70.8 Å². The van der Waals surface area contributed by atoms with Crippen LogP contribution in [0.15, 0.2) is 53.7 Å². The summed E-state index contributed by atoms with van der Waals surface area (Å²) in [5.74, 6) is 1.04. The monoisotopic (exact) mass is 448 g/mol. The number of halogens is 2. The predicted molar refractivity (Wildman–Crippen MR) is 115 cm³/mol. The highest BCUT2D eigenvalue weighted by atomic mass is 35.5. The molecule has 2 aromatic carbocycles. The Balaban J connectivity index is 1.56. The maximum absolute atomic E-state index is 13.1. The highest BCUT2D eigenvalue weighted by Gasteiger charge is 2.19. The number of nitrogens with zero attached hydrogens (tertiary/aromatic N) is 4. The summed E-state index contributed by atoms with van der Waals surface area (Å²) >= 11 is 7.40. The summed E-state index contributed by atoms with van der Waals surface area (Å²) in [6.07, 6.45) is 0. The molecule has 30 heavy (non-hydrogen) atoms. The Morgan fingerprint density at radius 2 is 1.93 bits per heavy atom. The van der Waals surface area contributed by atoms with Gasteiger partial charge in [-0.3, -0.25) is 4.79 Å². The highest BCUT2D eigenvalue weighted by Crippen LogP contribution is 2.25. The van der Waals surface area contributed by atoms with E-state index in [2.05, 4.69) is 10.2 Å². The Kier molecular flexibility index (Phi) is 7.33. The third-order valence-corrected chi connectivity index (χ3v) is 6.09. The lowest BCUT2D eigenvalue weighted by molar-refractivity contribution is -0.128. The van der Waals surface area contributed by atoms with Gasteiger partial charge in [0.05, 0.1) is 16.8 Å². The first-order valence-electron chi connectivity index (χ1n) is 9.26. The molecule has 1 unspecified atom stereocenters. The summed E-state index contributed by atoms with van der Waals surface area (Å²) in [6.45, 7) is 2.12. The zero-order valence-corrected chi connectivity index (χ0v) is 18.5. The Labute approximate surface area is 184 Å². The Bertz CT molecular complexity index is 1010. The fourth-order valence-electron chi connectivity index (χ4n) is 2.71. The summed E-state index contributed by atoms with van der Waals surface area (Å²) in [6, 6.07) is 13.2. The summed E-state index contributed by atoms with van der Waals surface area (Å²) in [4.78, 5) is 14.2. The number of carbonyl (C=O) groups excluding carboxylic acids is 1. The van der Waals surface area contributed by atoms with E-state index in [-0.39, 0.29) is 30.1 Å². The van der Waals surface area contributed by atoms with Crippen LogP contribution in [0.3, 0.4) is 0 Å². The third kappa shape index (κ3) is 5.31. The molecule has 1 amide bonds. The summed E-state index contributed by atoms with van der Waals surface area (Å²) in [5.41, 5.74) is 0.870. The second-order valence-corrected chi connectivity index (χ2v) is 8.05. The van der Waals surface area contributed by atoms with Gasteiger partial charge in [-0.2, -0.15) is 0 Å². The molecular weight excluding hydrogens is 427 g/mol. The van der Waals surface area contributed by atoms with Crippen LogP contribution in [0.5, 0.6) is 5.75 Å². The average molecular weight is 449 g/mol. The van der Waals surface area contributed by atoms with E-state index in [1.165, 1.54) is 23.9 Å². The molecule has 0 bridgehead atoms. The molecule has 1 aromatic heterocycles. The lowest BCUT2D eigenvalue weighted by Crippen LogP contribution is -2.31. The number of rotatable bonds is 8. The molecule has 0 spiro atoms. The normalized spacial score (nSPS) is 11.9. The molecule has 6 nitrogen and oxygen atoms in total. The summed E-state index contributed by atoms with van der Waals surface area (Å²) in [7, 11) is 3.55. The van der Waals surface area contributed by atoms with Gasteiger partial charge in [-0.25, -0.2) is 4.39 Å². The second-order valence-electron chi connectivity index (χ2n) is 6.70. The van der Waals surface area contributed by atoms with Gasteiger partial charge in [0, 0.05) is 14.1 Å². The van der Waals surface area contributed by atoms with Crippen molar-refractivity contribution in [2.75, 3.05) is 12.8 Å². The summed E-state index contributed by atoms with van der Waals surface area (Å²) in [5, 5.41) is 9.42. The zero-order chi connectivity index (χ0) is 21.7. The SMILES string of the molecule is CC(c1ccc(F)cc1)N(C)C(=O)CSc1nnc(COc2ccccc2Cl)n1C. The number of thioether (sulfide) groups is 1. The van der Waals surface area contributed by atoms with Crippen molar-refractivity contribution in [1.82, 2.24) is 19.7 Å². The zero-order valence-electron chi connectivity index (χ0n) is 16.9. The van der Waals surface area contributed by atoms with Crippen molar-refractivity contribution in [1.29, 1.82) is 0 Å². The molecule has 0 aliphatic heterocycles. The first-order valence-corrected chi connectivity index (χ1v) is 10.6. The number of ether oxygens (including phenoxy) is 1. The molecule has 0 aliphatic rings. The smallest absolute Gasteiger partial charge is 0.233 e. The standard InChI is InChI=1S/C21H22ClFN4O2S/c1-14(15-8-10-16(23)11-9-15)26(2)20(28)13-30-21-25-24-19(27(21)3)12-29-18-7-5-4-6-17(18)22/h4-11,14H,12-13H2,1-3H3. The highest BCUT2D eigenvalue weighted by molar-refractivity contribution is 7.99. The minimum absolute atomic E-state index is 0.0614. The van der Waals surface area contributed by atoms with E-state index in [4.69, 9.17) is 16.3 Å². The number of benzene rings is 2. The first-order chi connectivity index (χ1) is 14.4. The lowest BCUT2D eigenvalue weighted by Gasteiger charge is -2.25. The number of amides is 1. The maximum atomic E-state index is 13.1. The molecule has 1 heterocycles. The molecule has 0 radical (unpaired) electrons. The number of aromatic nitrogens is 3. The fourth-order valence-corrected chi connectivity index (χ4v) is 3.75. The van der Waals surface area contributed by atoms with Gasteiger partial charge in [0.15, 0.2) is 11.0 Å². The van der Waals surface area contributed by atoms with Gasteiger partial charge in [-0.05, 0) is 36.8 Å². The maximum Gasteiger partial charge on any atom is 0.233 e. The van der Waals surface area contributed by atoms with E-state index in [1.54, 1.807) is 40.8 Å². The molecule has 158 valence electrons. The molecule has 0 saturated carbocycles. The number of para-hydroxylation sites is 1. The van der Waals surface area contributed by atoms with E-state index in [1.807, 2.05) is 26.1 Å². The van der Waals surface area contributed by atoms with Crippen LogP contribution in [0.1, 0.15) is 24.4 Å². The van der Waals surface area contributed by atoms with Gasteiger partial charge in [0.2, 0.25) is 5.91 Å². The van der Waals surface area contributed by atoms with Gasteiger partial charge >= 0.3 is 0 Å². The molecule has 0 saturated heterocycles. The largest absolute Gasteiger partial charge is 0.484 e. The van der Waals surface area contributed by atoms with E-state index >= 15 is 0 Å². The van der Waals surface area contributed by atoms with Gasteiger partial charge in [-0.15, -0.1) is 10.2 Å². The van der Waals surface area contributed by atoms with Crippen LogP contribution in [-0.2, 0) is 18.4 Å². The van der Waals surface area contributed by atoms with Crippen LogP contribution in [0, 0.1) is 5.82 Å². The van der Waals surface area contributed by atoms with Crippen LogP contribution >= 0.6 is 23.4 Å². The molecule has 9 heteroatoms. The molecule has 1 atom stereocenters. The van der Waals surface area contributed by atoms with Crippen molar-refractivity contribution in [2.24, 2.45) is 7.05 Å². The van der Waals surface area contributed by atoms with Gasteiger partial charge in [-0.1, -0.05) is 47.6 Å². The average Bonchev–Trinajstić information content (AvgIpc) is 3.10. The molecular formula is C21H22ClFN4O2S. The van der Waals surface area contributed by atoms with Crippen molar-refractivity contribution < 1.29 is 13.9 Å². The molecule has 0 N–H and O–H groups in total. The molecule has 3 rings (SSSR count). The second kappa shape index (κ2) is 9.95. The molecule has 0 aliphatic carbocycles. The van der Waals surface area contributed by atoms with Crippen molar-refractivity contribution in [2.45, 2.75) is 24.7 Å². The van der Waals surface area contributed by atoms with Gasteiger partial charge in [0.25, 0.3) is 0 Å². The first kappa shape index (κ1) is 22.1. The Morgan fingerprint density at radius 3 is 2.63 bits per heavy atom.